The van der Waals surface area contributed by atoms with E-state index in [9.17, 15) is 28.8 Å². The van der Waals surface area contributed by atoms with Gasteiger partial charge in [0.05, 0.1) is 6.54 Å². The number of hydrogen-bond acceptors (Lipinski definition) is 17. The Morgan fingerprint density at radius 2 is 1.15 bits per heavy atom. The summed E-state index contributed by atoms with van der Waals surface area (Å²) >= 11 is 7.54. The molecule has 0 aromatic carbocycles. The minimum absolute atomic E-state index is 0.0523. The van der Waals surface area contributed by atoms with Crippen molar-refractivity contribution in [3.05, 3.63) is 0 Å². The molecule has 14 N–H and O–H groups in total. The predicted molar refractivity (Wildman–Crippen MR) is 144 cm³/mol. The van der Waals surface area contributed by atoms with Crippen LogP contribution in [0.2, 0.25) is 0 Å². The topological polar surface area (TPSA) is 327 Å². The van der Waals surface area contributed by atoms with Crippen molar-refractivity contribution >= 4 is 61.1 Å². The highest BCUT2D eigenvalue weighted by Crippen LogP contribution is 2.00. The smallest absolute Gasteiger partial charge is 0.331 e. The Morgan fingerprint density at radius 3 is 1.46 bits per heavy atom. The lowest BCUT2D eigenvalue weighted by Crippen LogP contribution is -2.43. The van der Waals surface area contributed by atoms with E-state index in [1.807, 2.05) is 0 Å². The zero-order chi connectivity index (χ0) is 31.5. The van der Waals surface area contributed by atoms with Crippen LogP contribution in [0.25, 0.3) is 0 Å². The number of carboxylic acid groups (broad SMARTS) is 2. The minimum atomic E-state index is -1.22. The lowest BCUT2D eigenvalue weighted by molar-refractivity contribution is -0.161. The number of hydrogen-bond donors (Lipinski definition) is 10. The van der Waals surface area contributed by atoms with E-state index in [4.69, 9.17) is 44.6 Å². The van der Waals surface area contributed by atoms with E-state index in [1.165, 1.54) is 6.92 Å². The molecule has 17 nitrogen and oxygen atoms in total. The first-order chi connectivity index (χ1) is 17.9. The number of aliphatic carboxylic acids is 2. The van der Waals surface area contributed by atoms with E-state index in [1.54, 1.807) is 13.8 Å². The van der Waals surface area contributed by atoms with E-state index >= 15 is 0 Å². The molecule has 0 aliphatic carbocycles. The summed E-state index contributed by atoms with van der Waals surface area (Å²) in [5.41, 5.74) is 31.1. The third-order valence-electron chi connectivity index (χ3n) is 4.19. The van der Waals surface area contributed by atoms with Crippen molar-refractivity contribution in [3.8, 4) is 0 Å². The van der Waals surface area contributed by atoms with Gasteiger partial charge < -0.3 is 58.8 Å². The van der Waals surface area contributed by atoms with Crippen LogP contribution in [0.3, 0.4) is 0 Å². The highest BCUT2D eigenvalue weighted by molar-refractivity contribution is 7.80. The van der Waals surface area contributed by atoms with Gasteiger partial charge in [-0.2, -0.15) is 25.3 Å². The van der Waals surface area contributed by atoms with Crippen LogP contribution in [0.1, 0.15) is 20.8 Å². The maximum Gasteiger partial charge on any atom is 0.331 e. The predicted octanol–water partition coefficient (Wildman–Crippen LogP) is -4.22. The van der Waals surface area contributed by atoms with Crippen LogP contribution in [-0.2, 0) is 43.0 Å². The molecule has 0 bridgehead atoms. The number of esters is 4. The van der Waals surface area contributed by atoms with E-state index < -0.39 is 72.1 Å². The number of thiol groups is 2. The van der Waals surface area contributed by atoms with Gasteiger partial charge in [-0.1, -0.05) is 13.8 Å². The number of rotatable bonds is 13. The highest BCUT2D eigenvalue weighted by atomic mass is 32.1. The maximum absolute atomic E-state index is 11.1. The molecule has 0 saturated carbocycles. The normalized spacial score (nSPS) is 14.9. The average Bonchev–Trinajstić information content (AvgIpc) is 2.89. The number of ether oxygens (including phenoxy) is 3. The lowest BCUT2D eigenvalue weighted by atomic mass is 10.1. The molecule has 228 valence electrons. The van der Waals surface area contributed by atoms with Crippen molar-refractivity contribution < 1.29 is 53.2 Å². The quantitative estimate of drug-likeness (QED) is 0.0412. The Hall–Kier alpha value is -2.52. The summed E-state index contributed by atoms with van der Waals surface area (Å²) in [6.45, 7) is 4.30. The minimum Gasteiger partial charge on any atom is -0.480 e. The molecule has 0 amide bonds. The molecule has 0 rings (SSSR count). The third-order valence-corrected chi connectivity index (χ3v) is 4.97. The average molecular weight is 605 g/mol. The largest absolute Gasteiger partial charge is 0.480 e. The Kier molecular flexibility index (Phi) is 23.4. The second-order valence-electron chi connectivity index (χ2n) is 7.93. The van der Waals surface area contributed by atoms with Crippen LogP contribution in [0.15, 0.2) is 0 Å². The molecule has 19 heteroatoms. The van der Waals surface area contributed by atoms with Crippen LogP contribution in [0.4, 0.5) is 0 Å². The summed E-state index contributed by atoms with van der Waals surface area (Å²) in [5.74, 6) is -5.19. The molecule has 39 heavy (non-hydrogen) atoms. The number of carboxylic acids is 2. The molecule has 0 fully saturated rings. The monoisotopic (exact) mass is 604 g/mol. The van der Waals surface area contributed by atoms with Crippen molar-refractivity contribution in [2.24, 2.45) is 40.3 Å². The van der Waals surface area contributed by atoms with E-state index in [0.29, 0.717) is 0 Å². The molecule has 0 spiro atoms. The molecule has 0 aromatic rings. The summed E-state index contributed by atoms with van der Waals surface area (Å²) in [4.78, 5) is 64.0. The van der Waals surface area contributed by atoms with Crippen LogP contribution < -0.4 is 34.4 Å². The van der Waals surface area contributed by atoms with Crippen LogP contribution in [-0.4, -0.2) is 107 Å². The summed E-state index contributed by atoms with van der Waals surface area (Å²) in [7, 11) is 0. The maximum atomic E-state index is 11.1. The Labute approximate surface area is 236 Å². The Morgan fingerprint density at radius 1 is 0.718 bits per heavy atom. The first-order valence-electron chi connectivity index (χ1n) is 11.1. The van der Waals surface area contributed by atoms with Crippen molar-refractivity contribution in [1.29, 1.82) is 0 Å². The molecule has 0 aliphatic rings. The van der Waals surface area contributed by atoms with Gasteiger partial charge in [0.25, 0.3) is 0 Å². The summed E-state index contributed by atoms with van der Waals surface area (Å²) < 4.78 is 13.5. The van der Waals surface area contributed by atoms with Crippen molar-refractivity contribution in [2.75, 3.05) is 24.7 Å². The summed E-state index contributed by atoms with van der Waals surface area (Å²) in [6.07, 6.45) is -0.862. The number of carbonyl (C=O) groups is 6. The van der Waals surface area contributed by atoms with Crippen LogP contribution in [0.5, 0.6) is 0 Å². The van der Waals surface area contributed by atoms with Gasteiger partial charge in [-0.25, -0.2) is 9.59 Å². The molecule has 0 radical (unpaired) electrons. The van der Waals surface area contributed by atoms with E-state index in [-0.39, 0.29) is 30.6 Å². The van der Waals surface area contributed by atoms with Gasteiger partial charge in [-0.15, -0.1) is 0 Å². The molecular weight excluding hydrogens is 564 g/mol. The molecule has 0 aliphatic heterocycles. The van der Waals surface area contributed by atoms with Gasteiger partial charge in [0.2, 0.25) is 0 Å². The standard InChI is InChI=1S/C8H16N2O4.C6H12N2O4.C6H12N2O3S2/c1-4(2)6(10)8(13)14-3-5(9)7(11)12;1-3(5(8)6(10)11)12-4(9)2-7;7-3(1-12)5(9)11-6(10)4(8)2-13/h4-6H,3,9-10H2,1-2H3,(H,11,12);3,5H,2,7-8H2,1H3,(H,10,11);3-4,12-13H,1-2,7-8H2/t5-,6-;3-,5+;3-,4-/m010/s1. The van der Waals surface area contributed by atoms with Gasteiger partial charge in [0.1, 0.15) is 42.9 Å². The first kappa shape index (κ1) is 41.0. The fourth-order valence-electron chi connectivity index (χ4n) is 1.54. The van der Waals surface area contributed by atoms with Crippen LogP contribution in [0, 0.1) is 5.92 Å². The van der Waals surface area contributed by atoms with Gasteiger partial charge in [0, 0.05) is 11.5 Å². The molecule has 6 atom stereocenters. The molecule has 0 unspecified atom stereocenters. The first-order valence-corrected chi connectivity index (χ1v) is 12.4. The van der Waals surface area contributed by atoms with Crippen molar-refractivity contribution in [2.45, 2.75) is 57.1 Å². The van der Waals surface area contributed by atoms with Crippen molar-refractivity contribution in [1.82, 2.24) is 0 Å². The van der Waals surface area contributed by atoms with E-state index in [2.05, 4.69) is 39.5 Å². The lowest BCUT2D eigenvalue weighted by Gasteiger charge is -2.15. The van der Waals surface area contributed by atoms with Gasteiger partial charge >= 0.3 is 35.8 Å². The zero-order valence-electron chi connectivity index (χ0n) is 21.8. The molecule has 0 aromatic heterocycles. The third kappa shape index (κ3) is 20.1. The summed E-state index contributed by atoms with van der Waals surface area (Å²) in [5, 5.41) is 16.8. The number of carbonyl (C=O) groups excluding carboxylic acids is 4. The molecule has 0 saturated heterocycles. The zero-order valence-corrected chi connectivity index (χ0v) is 23.6. The second-order valence-corrected chi connectivity index (χ2v) is 8.66. The SMILES string of the molecule is CC(C)[C@H](N)C(=O)OC[C@H](N)C(=O)O.C[C@@H](OC(=O)CN)[C@H](N)C(=O)O.N[C@@H](CS)C(=O)OC(=O)[C@@H](N)CS. The summed E-state index contributed by atoms with van der Waals surface area (Å²) in [6, 6.07) is -4.95. The Balaban J connectivity index is -0.000000500. The molecule has 0 heterocycles. The van der Waals surface area contributed by atoms with Gasteiger partial charge in [-0.3, -0.25) is 19.2 Å². The number of nitrogens with two attached hydrogens (primary N) is 6. The van der Waals surface area contributed by atoms with Crippen molar-refractivity contribution in [3.63, 3.8) is 0 Å². The van der Waals surface area contributed by atoms with Gasteiger partial charge in [0.15, 0.2) is 0 Å². The Bertz CT molecular complexity index is 786. The van der Waals surface area contributed by atoms with Crippen LogP contribution >= 0.6 is 25.3 Å². The van der Waals surface area contributed by atoms with E-state index in [0.717, 1.165) is 0 Å². The fourth-order valence-corrected chi connectivity index (χ4v) is 1.84. The van der Waals surface area contributed by atoms with Gasteiger partial charge in [-0.05, 0) is 12.8 Å². The molecular formula is C20H40N6O11S2. The second kappa shape index (κ2) is 22.3. The fraction of sp³-hybridized carbons (Fsp3) is 0.700. The highest BCUT2D eigenvalue weighted by Gasteiger charge is 2.23.